The third-order valence-electron chi connectivity index (χ3n) is 5.52. The lowest BCUT2D eigenvalue weighted by Crippen LogP contribution is -2.41. The van der Waals surface area contributed by atoms with Gasteiger partial charge in [-0.05, 0) is 68.1 Å². The van der Waals surface area contributed by atoms with Gasteiger partial charge in [0.15, 0.2) is 0 Å². The van der Waals surface area contributed by atoms with Gasteiger partial charge in [0, 0.05) is 0 Å². The third kappa shape index (κ3) is 5.37. The Labute approximate surface area is 191 Å². The molecule has 0 aliphatic carbocycles. The van der Waals surface area contributed by atoms with Crippen LogP contribution in [0.3, 0.4) is 0 Å². The Bertz CT molecular complexity index is 1170. The molecule has 1 N–H and O–H groups in total. The minimum Gasteiger partial charge on any atom is -0.348 e. The van der Waals surface area contributed by atoms with E-state index in [2.05, 4.69) is 11.4 Å². The van der Waals surface area contributed by atoms with Gasteiger partial charge in [0.05, 0.1) is 16.6 Å². The summed E-state index contributed by atoms with van der Waals surface area (Å²) < 4.78 is 28.0. The second-order valence-electron chi connectivity index (χ2n) is 7.99. The average Bonchev–Trinajstić information content (AvgIpc) is 2.78. The van der Waals surface area contributed by atoms with E-state index in [1.807, 2.05) is 52.0 Å². The van der Waals surface area contributed by atoms with E-state index in [4.69, 9.17) is 0 Å². The maximum atomic E-state index is 13.4. The van der Waals surface area contributed by atoms with Crippen molar-refractivity contribution >= 4 is 21.6 Å². The van der Waals surface area contributed by atoms with Crippen LogP contribution in [0.1, 0.15) is 42.1 Å². The topological polar surface area (TPSA) is 66.5 Å². The number of nitrogens with one attached hydrogen (secondary N) is 1. The van der Waals surface area contributed by atoms with Gasteiger partial charge in [-0.1, -0.05) is 61.0 Å². The van der Waals surface area contributed by atoms with Crippen LogP contribution in [0, 0.1) is 13.8 Å². The monoisotopic (exact) mass is 450 g/mol. The third-order valence-corrected chi connectivity index (χ3v) is 7.31. The molecule has 0 heterocycles. The molecule has 32 heavy (non-hydrogen) atoms. The Morgan fingerprint density at radius 2 is 1.62 bits per heavy atom. The molecule has 3 aromatic carbocycles. The van der Waals surface area contributed by atoms with E-state index in [0.29, 0.717) is 5.69 Å². The molecule has 0 aromatic heterocycles. The van der Waals surface area contributed by atoms with Crippen molar-refractivity contribution in [1.29, 1.82) is 0 Å². The fourth-order valence-corrected chi connectivity index (χ4v) is 5.18. The molecule has 3 rings (SSSR count). The molecule has 3 aromatic rings. The first-order valence-corrected chi connectivity index (χ1v) is 12.2. The molecule has 6 heteroatoms. The molecule has 0 radical (unpaired) electrons. The minimum absolute atomic E-state index is 0.148. The molecule has 0 saturated heterocycles. The summed E-state index contributed by atoms with van der Waals surface area (Å²) in [5.41, 5.74) is 4.80. The largest absolute Gasteiger partial charge is 0.348 e. The second-order valence-corrected chi connectivity index (χ2v) is 9.86. The fraction of sp³-hybridized carbons (Fsp3) is 0.269. The van der Waals surface area contributed by atoms with E-state index in [1.165, 1.54) is 4.31 Å². The molecule has 5 nitrogen and oxygen atoms in total. The highest BCUT2D eigenvalue weighted by Gasteiger charge is 2.27. The van der Waals surface area contributed by atoms with Gasteiger partial charge in [0.2, 0.25) is 5.91 Å². The summed E-state index contributed by atoms with van der Waals surface area (Å²) in [7, 11) is -3.91. The number of anilines is 1. The molecular weight excluding hydrogens is 420 g/mol. The lowest BCUT2D eigenvalue weighted by atomic mass is 10.0. The lowest BCUT2D eigenvalue weighted by Gasteiger charge is -2.25. The first kappa shape index (κ1) is 23.5. The number of hydrogen-bond acceptors (Lipinski definition) is 3. The van der Waals surface area contributed by atoms with Crippen LogP contribution in [0.25, 0.3) is 0 Å². The zero-order valence-corrected chi connectivity index (χ0v) is 19.8. The summed E-state index contributed by atoms with van der Waals surface area (Å²) in [4.78, 5) is 13.1. The molecule has 168 valence electrons. The number of hydrogen-bond donors (Lipinski definition) is 1. The molecule has 1 unspecified atom stereocenters. The standard InChI is InChI=1S/C26H30N2O3S/c1-5-22-12-14-23(15-13-22)28(32(30,31)24-9-7-6-8-10-24)18-26(29)27-21(4)25-16-11-19(2)17-20(25)3/h6-17,21H,5,18H2,1-4H3,(H,27,29). The minimum atomic E-state index is -3.91. The summed E-state index contributed by atoms with van der Waals surface area (Å²) >= 11 is 0. The van der Waals surface area contributed by atoms with Crippen molar-refractivity contribution < 1.29 is 13.2 Å². The van der Waals surface area contributed by atoms with E-state index in [1.54, 1.807) is 42.5 Å². The lowest BCUT2D eigenvalue weighted by molar-refractivity contribution is -0.120. The quantitative estimate of drug-likeness (QED) is 0.529. The van der Waals surface area contributed by atoms with Crippen LogP contribution in [0.2, 0.25) is 0 Å². The molecule has 1 atom stereocenters. The van der Waals surface area contributed by atoms with Crippen LogP contribution in [0.5, 0.6) is 0 Å². The van der Waals surface area contributed by atoms with Gasteiger partial charge in [-0.3, -0.25) is 9.10 Å². The zero-order valence-electron chi connectivity index (χ0n) is 19.0. The van der Waals surface area contributed by atoms with Crippen molar-refractivity contribution in [3.8, 4) is 0 Å². The molecule has 0 bridgehead atoms. The Morgan fingerprint density at radius 1 is 0.969 bits per heavy atom. The summed E-state index contributed by atoms with van der Waals surface area (Å²) in [6, 6.07) is 21.3. The number of nitrogens with zero attached hydrogens (tertiary/aromatic N) is 1. The highest BCUT2D eigenvalue weighted by atomic mass is 32.2. The van der Waals surface area contributed by atoms with E-state index in [-0.39, 0.29) is 23.4 Å². The van der Waals surface area contributed by atoms with Crippen molar-refractivity contribution in [3.05, 3.63) is 95.1 Å². The highest BCUT2D eigenvalue weighted by Crippen LogP contribution is 2.25. The average molecular weight is 451 g/mol. The summed E-state index contributed by atoms with van der Waals surface area (Å²) in [5, 5.41) is 2.96. The Hall–Kier alpha value is -3.12. The smallest absolute Gasteiger partial charge is 0.264 e. The zero-order chi connectivity index (χ0) is 23.3. The second kappa shape index (κ2) is 10.0. The molecule has 0 fully saturated rings. The highest BCUT2D eigenvalue weighted by molar-refractivity contribution is 7.92. The predicted octanol–water partition coefficient (Wildman–Crippen LogP) is 4.94. The van der Waals surface area contributed by atoms with Gasteiger partial charge >= 0.3 is 0 Å². The number of carbonyl (C=O) groups excluding carboxylic acids is 1. The number of aryl methyl sites for hydroxylation is 3. The van der Waals surface area contributed by atoms with Crippen molar-refractivity contribution in [1.82, 2.24) is 5.32 Å². The molecule has 1 amide bonds. The SMILES string of the molecule is CCc1ccc(N(CC(=O)NC(C)c2ccc(C)cc2C)S(=O)(=O)c2ccccc2)cc1. The molecule has 0 aliphatic heterocycles. The predicted molar refractivity (Wildman–Crippen MR) is 129 cm³/mol. The first-order chi connectivity index (χ1) is 15.2. The van der Waals surface area contributed by atoms with Gasteiger partial charge in [0.1, 0.15) is 6.54 Å². The van der Waals surface area contributed by atoms with Gasteiger partial charge in [-0.25, -0.2) is 8.42 Å². The van der Waals surface area contributed by atoms with E-state index >= 15 is 0 Å². The molecule has 0 spiro atoms. The number of rotatable bonds is 8. The van der Waals surface area contributed by atoms with Crippen LogP contribution >= 0.6 is 0 Å². The first-order valence-electron chi connectivity index (χ1n) is 10.8. The summed E-state index contributed by atoms with van der Waals surface area (Å²) in [6.07, 6.45) is 0.847. The number of carbonyl (C=O) groups is 1. The number of benzene rings is 3. The molecule has 0 saturated carbocycles. The van der Waals surface area contributed by atoms with Crippen LogP contribution in [-0.4, -0.2) is 20.9 Å². The van der Waals surface area contributed by atoms with Gasteiger partial charge in [0.25, 0.3) is 10.0 Å². The fourth-order valence-electron chi connectivity index (χ4n) is 3.74. The van der Waals surface area contributed by atoms with Crippen LogP contribution in [0.15, 0.2) is 77.7 Å². The summed E-state index contributed by atoms with van der Waals surface area (Å²) in [5.74, 6) is -0.364. The maximum Gasteiger partial charge on any atom is 0.264 e. The van der Waals surface area contributed by atoms with Crippen LogP contribution < -0.4 is 9.62 Å². The molecule has 0 aliphatic rings. The van der Waals surface area contributed by atoms with Crippen molar-refractivity contribution in [2.45, 2.75) is 45.1 Å². The normalized spacial score (nSPS) is 12.2. The van der Waals surface area contributed by atoms with Gasteiger partial charge in [-0.2, -0.15) is 0 Å². The van der Waals surface area contributed by atoms with Crippen LogP contribution in [0.4, 0.5) is 5.69 Å². The van der Waals surface area contributed by atoms with E-state index < -0.39 is 10.0 Å². The van der Waals surface area contributed by atoms with Gasteiger partial charge in [-0.15, -0.1) is 0 Å². The Kier molecular flexibility index (Phi) is 7.36. The molecular formula is C26H30N2O3S. The Morgan fingerprint density at radius 3 is 2.22 bits per heavy atom. The summed E-state index contributed by atoms with van der Waals surface area (Å²) in [6.45, 7) is 7.66. The van der Waals surface area contributed by atoms with Crippen molar-refractivity contribution in [3.63, 3.8) is 0 Å². The van der Waals surface area contributed by atoms with E-state index in [0.717, 1.165) is 28.7 Å². The van der Waals surface area contributed by atoms with Crippen molar-refractivity contribution in [2.75, 3.05) is 10.8 Å². The number of sulfonamides is 1. The Balaban J connectivity index is 1.88. The number of amides is 1. The van der Waals surface area contributed by atoms with E-state index in [9.17, 15) is 13.2 Å². The van der Waals surface area contributed by atoms with Crippen molar-refractivity contribution in [2.24, 2.45) is 0 Å². The van der Waals surface area contributed by atoms with Gasteiger partial charge < -0.3 is 5.32 Å². The maximum absolute atomic E-state index is 13.4. The van der Waals surface area contributed by atoms with Crippen LogP contribution in [-0.2, 0) is 21.2 Å².